The summed E-state index contributed by atoms with van der Waals surface area (Å²) in [5.41, 5.74) is 10.7. The van der Waals surface area contributed by atoms with E-state index in [2.05, 4.69) is 107 Å². The lowest BCUT2D eigenvalue weighted by atomic mass is 9.80. The highest BCUT2D eigenvalue weighted by Gasteiger charge is 2.28. The Morgan fingerprint density at radius 2 is 1.45 bits per heavy atom. The molecule has 0 bridgehead atoms. The van der Waals surface area contributed by atoms with Gasteiger partial charge in [-0.3, -0.25) is 0 Å². The molecule has 2 N–H and O–H groups in total. The zero-order valence-corrected chi connectivity index (χ0v) is 24.3. The molecule has 0 saturated carbocycles. The van der Waals surface area contributed by atoms with Gasteiger partial charge in [-0.15, -0.1) is 0 Å². The maximum atomic E-state index is 6.50. The molecule has 0 spiro atoms. The molecular weight excluding hydrogens is 500 g/mol. The highest BCUT2D eigenvalue weighted by molar-refractivity contribution is 5.95. The van der Waals surface area contributed by atoms with Crippen LogP contribution in [0.2, 0.25) is 0 Å². The van der Waals surface area contributed by atoms with Gasteiger partial charge in [0, 0.05) is 63.8 Å². The molecule has 2 saturated heterocycles. The molecule has 3 heterocycles. The predicted molar refractivity (Wildman–Crippen MR) is 161 cm³/mol. The van der Waals surface area contributed by atoms with Crippen LogP contribution in [0.3, 0.4) is 0 Å². The first-order valence-electron chi connectivity index (χ1n) is 14.2. The van der Waals surface area contributed by atoms with Crippen LogP contribution in [0.1, 0.15) is 36.2 Å². The number of hydrogen-bond acceptors (Lipinski definition) is 5. The van der Waals surface area contributed by atoms with Crippen LogP contribution in [0.4, 0.5) is 5.88 Å². The monoisotopic (exact) mass is 542 g/mol. The van der Waals surface area contributed by atoms with E-state index in [1.165, 1.54) is 16.7 Å². The number of nitrogens with two attached hydrogens (primary N) is 1. The Morgan fingerprint density at radius 1 is 0.825 bits per heavy atom. The van der Waals surface area contributed by atoms with Crippen molar-refractivity contribution in [3.05, 3.63) is 83.0 Å². The first kappa shape index (κ1) is 27.9. The second-order valence-corrected chi connectivity index (χ2v) is 11.5. The van der Waals surface area contributed by atoms with Gasteiger partial charge in [-0.25, -0.2) is 0 Å². The van der Waals surface area contributed by atoms with Crippen molar-refractivity contribution in [1.29, 1.82) is 0 Å². The maximum absolute atomic E-state index is 6.50. The Kier molecular flexibility index (Phi) is 8.52. The quantitative estimate of drug-likeness (QED) is 0.391. The molecule has 9 nitrogen and oxygen atoms in total. The third-order valence-corrected chi connectivity index (χ3v) is 8.08. The van der Waals surface area contributed by atoms with Crippen molar-refractivity contribution >= 4 is 17.8 Å². The molecule has 2 aliphatic rings. The highest BCUT2D eigenvalue weighted by atomic mass is 16.5. The van der Waals surface area contributed by atoms with Crippen molar-refractivity contribution in [2.45, 2.75) is 25.7 Å². The van der Waals surface area contributed by atoms with Gasteiger partial charge in [0.2, 0.25) is 5.96 Å². The Bertz CT molecular complexity index is 1320. The fourth-order valence-electron chi connectivity index (χ4n) is 5.14. The summed E-state index contributed by atoms with van der Waals surface area (Å²) in [5.74, 6) is 1.52. The van der Waals surface area contributed by atoms with Crippen LogP contribution in [0.15, 0.2) is 75.2 Å². The van der Waals surface area contributed by atoms with Gasteiger partial charge in [0.05, 0.1) is 5.69 Å². The van der Waals surface area contributed by atoms with E-state index in [1.807, 2.05) is 6.07 Å². The average Bonchev–Trinajstić information content (AvgIpc) is 3.44. The number of nitrogens with zero attached hydrogens (tertiary/aromatic N) is 7. The van der Waals surface area contributed by atoms with E-state index in [0.717, 1.165) is 64.5 Å². The minimum atomic E-state index is -0.361. The zero-order valence-electron chi connectivity index (χ0n) is 24.3. The van der Waals surface area contributed by atoms with Crippen molar-refractivity contribution in [1.82, 2.24) is 24.8 Å². The minimum Gasteiger partial charge on any atom is -0.369 e. The molecule has 9 heteroatoms. The molecule has 0 radical (unpaired) electrons. The molecule has 1 aromatic heterocycles. The van der Waals surface area contributed by atoms with E-state index in [0.29, 0.717) is 17.8 Å². The summed E-state index contributed by atoms with van der Waals surface area (Å²) in [6, 6.07) is 21.2. The third-order valence-electron chi connectivity index (χ3n) is 8.08. The van der Waals surface area contributed by atoms with E-state index in [9.17, 15) is 0 Å². The highest BCUT2D eigenvalue weighted by Crippen LogP contribution is 2.33. The molecule has 40 heavy (non-hydrogen) atoms. The van der Waals surface area contributed by atoms with Crippen LogP contribution in [-0.2, 0) is 11.8 Å². The fourth-order valence-corrected chi connectivity index (χ4v) is 5.14. The van der Waals surface area contributed by atoms with Gasteiger partial charge in [-0.2, -0.15) is 9.98 Å². The summed E-state index contributed by atoms with van der Waals surface area (Å²) >= 11 is 0. The van der Waals surface area contributed by atoms with Crippen LogP contribution in [0.25, 0.3) is 0 Å². The van der Waals surface area contributed by atoms with Crippen molar-refractivity contribution in [3.8, 4) is 0 Å². The average molecular weight is 543 g/mol. The summed E-state index contributed by atoms with van der Waals surface area (Å²) in [4.78, 5) is 18.6. The SMILES string of the molecule is CN1CCN(C(=N/c2cc(C(C)(C)c3cccc(Cc4ccccc4)c3)no2)/N=C(\N)N2CCN(C)CC2)CC1. The smallest absolute Gasteiger partial charge is 0.253 e. The van der Waals surface area contributed by atoms with Crippen LogP contribution < -0.4 is 5.73 Å². The van der Waals surface area contributed by atoms with Crippen LogP contribution >= 0.6 is 0 Å². The lowest BCUT2D eigenvalue weighted by molar-refractivity contribution is 0.210. The normalized spacial score (nSPS) is 18.4. The van der Waals surface area contributed by atoms with Gasteiger partial charge in [0.15, 0.2) is 5.96 Å². The largest absolute Gasteiger partial charge is 0.369 e. The van der Waals surface area contributed by atoms with Gasteiger partial charge in [-0.1, -0.05) is 73.6 Å². The van der Waals surface area contributed by atoms with Crippen molar-refractivity contribution in [3.63, 3.8) is 0 Å². The molecule has 2 fully saturated rings. The second-order valence-electron chi connectivity index (χ2n) is 11.5. The van der Waals surface area contributed by atoms with E-state index < -0.39 is 0 Å². The minimum absolute atomic E-state index is 0.361. The third kappa shape index (κ3) is 6.71. The van der Waals surface area contributed by atoms with Crippen molar-refractivity contribution < 1.29 is 4.52 Å². The summed E-state index contributed by atoms with van der Waals surface area (Å²) in [5, 5.41) is 4.46. The summed E-state index contributed by atoms with van der Waals surface area (Å²) in [6.07, 6.45) is 0.889. The van der Waals surface area contributed by atoms with Crippen LogP contribution in [-0.4, -0.2) is 103 Å². The molecule has 0 unspecified atom stereocenters. The standard InChI is InChI=1S/C31H42N8O/c1-31(2,26-12-8-11-25(22-26)21-24-9-6-5-7-10-24)27-23-28(40-35-27)33-30(39-19-15-37(4)16-20-39)34-29(32)38-17-13-36(3)14-18-38/h5-12,22-23H,13-21H2,1-4H3,(H2,32,33,34). The van der Waals surface area contributed by atoms with Gasteiger partial charge in [-0.05, 0) is 37.2 Å². The summed E-state index contributed by atoms with van der Waals surface area (Å²) in [7, 11) is 4.26. The summed E-state index contributed by atoms with van der Waals surface area (Å²) < 4.78 is 5.78. The number of guanidine groups is 2. The molecule has 0 amide bonds. The Labute approximate surface area is 238 Å². The first-order chi connectivity index (χ1) is 19.3. The molecule has 0 aliphatic carbocycles. The molecular formula is C31H42N8O. The number of aliphatic imine (C=N–C) groups is 2. The van der Waals surface area contributed by atoms with Crippen molar-refractivity contribution in [2.75, 3.05) is 66.5 Å². The zero-order chi connectivity index (χ0) is 28.1. The Morgan fingerprint density at radius 3 is 2.12 bits per heavy atom. The van der Waals surface area contributed by atoms with Gasteiger partial charge >= 0.3 is 0 Å². The lowest BCUT2D eigenvalue weighted by Gasteiger charge is -2.35. The number of rotatable bonds is 5. The van der Waals surface area contributed by atoms with E-state index >= 15 is 0 Å². The maximum Gasteiger partial charge on any atom is 0.253 e. The molecule has 212 valence electrons. The number of likely N-dealkylation sites (N-methyl/N-ethyl adjacent to an activating group) is 2. The fraction of sp³-hybridized carbons (Fsp3) is 0.452. The Balaban J connectivity index is 1.39. The van der Waals surface area contributed by atoms with Gasteiger partial charge in [0.25, 0.3) is 5.88 Å². The number of hydrogen-bond donors (Lipinski definition) is 1. The van der Waals surface area contributed by atoms with E-state index in [1.54, 1.807) is 0 Å². The predicted octanol–water partition coefficient (Wildman–Crippen LogP) is 3.39. The topological polar surface area (TPSA) is 89.7 Å². The summed E-state index contributed by atoms with van der Waals surface area (Å²) in [6.45, 7) is 11.5. The lowest BCUT2D eigenvalue weighted by Crippen LogP contribution is -2.51. The van der Waals surface area contributed by atoms with E-state index in [-0.39, 0.29) is 5.41 Å². The molecule has 2 aliphatic heterocycles. The molecule has 0 atom stereocenters. The van der Waals surface area contributed by atoms with Crippen LogP contribution in [0, 0.1) is 0 Å². The first-order valence-corrected chi connectivity index (χ1v) is 14.2. The number of piperazine rings is 2. The molecule has 2 aromatic carbocycles. The van der Waals surface area contributed by atoms with E-state index in [4.69, 9.17) is 20.2 Å². The molecule has 3 aromatic rings. The van der Waals surface area contributed by atoms with Gasteiger partial charge < -0.3 is 29.9 Å². The Hall–Kier alpha value is -3.69. The van der Waals surface area contributed by atoms with Crippen molar-refractivity contribution in [2.24, 2.45) is 15.7 Å². The van der Waals surface area contributed by atoms with Crippen LogP contribution in [0.5, 0.6) is 0 Å². The number of benzene rings is 2. The van der Waals surface area contributed by atoms with Gasteiger partial charge in [0.1, 0.15) is 0 Å². The second kappa shape index (κ2) is 12.2. The number of aromatic nitrogens is 1. The molecule has 5 rings (SSSR count).